The number of rotatable bonds is 8. The standard InChI is InChI=1S/C16H23F3N4O.HI/c1-2-23(13-5-6-13)10-9-21-15(20)22-11-12-3-7-14(8-4-12)24-16(17,18)19;/h3-4,7-8,13H,2,5-6,9-11H2,1H3,(H3,20,21,22);1H. The minimum Gasteiger partial charge on any atom is -0.406 e. The fourth-order valence-electron chi connectivity index (χ4n) is 2.40. The summed E-state index contributed by atoms with van der Waals surface area (Å²) in [5, 5.41) is 3.06. The number of benzene rings is 1. The largest absolute Gasteiger partial charge is 0.573 e. The second-order valence-corrected chi connectivity index (χ2v) is 5.68. The third-order valence-corrected chi connectivity index (χ3v) is 3.76. The molecule has 142 valence electrons. The molecule has 0 atom stereocenters. The minimum atomic E-state index is -4.68. The van der Waals surface area contributed by atoms with Crippen LogP contribution in [0.3, 0.4) is 0 Å². The van der Waals surface area contributed by atoms with E-state index >= 15 is 0 Å². The van der Waals surface area contributed by atoms with Crippen LogP contribution in [0.25, 0.3) is 0 Å². The van der Waals surface area contributed by atoms with Gasteiger partial charge in [0.2, 0.25) is 0 Å². The Kier molecular flexibility index (Phi) is 8.77. The number of alkyl halides is 3. The van der Waals surface area contributed by atoms with E-state index in [-0.39, 0.29) is 29.7 Å². The Morgan fingerprint density at radius 2 is 1.96 bits per heavy atom. The molecule has 0 bridgehead atoms. The Bertz CT molecular complexity index is 547. The van der Waals surface area contributed by atoms with Crippen molar-refractivity contribution in [1.82, 2.24) is 10.2 Å². The van der Waals surface area contributed by atoms with E-state index < -0.39 is 6.36 Å². The van der Waals surface area contributed by atoms with Gasteiger partial charge in [-0.25, -0.2) is 4.99 Å². The molecule has 0 aromatic heterocycles. The van der Waals surface area contributed by atoms with Gasteiger partial charge in [0.05, 0.1) is 6.54 Å². The summed E-state index contributed by atoms with van der Waals surface area (Å²) in [4.78, 5) is 6.59. The molecule has 0 aliphatic heterocycles. The van der Waals surface area contributed by atoms with Crippen molar-refractivity contribution in [3.8, 4) is 5.75 Å². The number of hydrogen-bond donors (Lipinski definition) is 2. The fraction of sp³-hybridized carbons (Fsp3) is 0.562. The highest BCUT2D eigenvalue weighted by atomic mass is 127. The van der Waals surface area contributed by atoms with Gasteiger partial charge in [-0.3, -0.25) is 4.90 Å². The maximum atomic E-state index is 12.1. The van der Waals surface area contributed by atoms with Crippen molar-refractivity contribution in [1.29, 1.82) is 0 Å². The number of ether oxygens (including phenoxy) is 1. The van der Waals surface area contributed by atoms with Gasteiger partial charge in [0, 0.05) is 19.1 Å². The second kappa shape index (κ2) is 10.0. The van der Waals surface area contributed by atoms with Gasteiger partial charge < -0.3 is 15.8 Å². The zero-order valence-corrected chi connectivity index (χ0v) is 16.4. The van der Waals surface area contributed by atoms with Crippen LogP contribution in [0.2, 0.25) is 0 Å². The molecule has 0 heterocycles. The van der Waals surface area contributed by atoms with Gasteiger partial charge in [-0.2, -0.15) is 0 Å². The summed E-state index contributed by atoms with van der Waals surface area (Å²) in [6.07, 6.45) is -2.14. The highest BCUT2D eigenvalue weighted by Gasteiger charge is 2.31. The zero-order valence-electron chi connectivity index (χ0n) is 14.1. The highest BCUT2D eigenvalue weighted by Crippen LogP contribution is 2.25. The molecule has 1 aromatic carbocycles. The Hall–Kier alpha value is -1.23. The van der Waals surface area contributed by atoms with Gasteiger partial charge >= 0.3 is 6.36 Å². The van der Waals surface area contributed by atoms with Crippen molar-refractivity contribution in [2.45, 2.75) is 38.7 Å². The monoisotopic (exact) mass is 472 g/mol. The van der Waals surface area contributed by atoms with Crippen LogP contribution in [0.5, 0.6) is 5.75 Å². The van der Waals surface area contributed by atoms with Crippen LogP contribution >= 0.6 is 24.0 Å². The predicted molar refractivity (Wildman–Crippen MR) is 102 cm³/mol. The smallest absolute Gasteiger partial charge is 0.406 e. The van der Waals surface area contributed by atoms with Crippen LogP contribution in [-0.2, 0) is 6.54 Å². The number of likely N-dealkylation sites (N-methyl/N-ethyl adjacent to an activating group) is 1. The first-order valence-electron chi connectivity index (χ1n) is 8.00. The fourth-order valence-corrected chi connectivity index (χ4v) is 2.40. The molecule has 0 spiro atoms. The first-order valence-corrected chi connectivity index (χ1v) is 8.00. The molecule has 1 fully saturated rings. The van der Waals surface area contributed by atoms with Crippen molar-refractivity contribution in [3.05, 3.63) is 29.8 Å². The van der Waals surface area contributed by atoms with Crippen molar-refractivity contribution in [2.24, 2.45) is 10.7 Å². The van der Waals surface area contributed by atoms with Crippen LogP contribution in [-0.4, -0.2) is 42.9 Å². The van der Waals surface area contributed by atoms with E-state index in [4.69, 9.17) is 5.73 Å². The van der Waals surface area contributed by atoms with Crippen molar-refractivity contribution in [3.63, 3.8) is 0 Å². The van der Waals surface area contributed by atoms with E-state index in [2.05, 4.69) is 26.9 Å². The van der Waals surface area contributed by atoms with E-state index in [1.54, 1.807) is 0 Å². The van der Waals surface area contributed by atoms with Gasteiger partial charge in [-0.05, 0) is 37.1 Å². The van der Waals surface area contributed by atoms with Crippen LogP contribution in [0.1, 0.15) is 25.3 Å². The maximum absolute atomic E-state index is 12.1. The molecule has 1 aliphatic rings. The van der Waals surface area contributed by atoms with Crippen LogP contribution in [0.15, 0.2) is 29.3 Å². The molecule has 1 aromatic rings. The van der Waals surface area contributed by atoms with Gasteiger partial charge in [0.25, 0.3) is 0 Å². The molecule has 1 aliphatic carbocycles. The lowest BCUT2D eigenvalue weighted by Crippen LogP contribution is -2.39. The van der Waals surface area contributed by atoms with E-state index in [0.717, 1.165) is 25.2 Å². The topological polar surface area (TPSA) is 62.9 Å². The summed E-state index contributed by atoms with van der Waals surface area (Å²) >= 11 is 0. The Morgan fingerprint density at radius 3 is 2.48 bits per heavy atom. The number of nitrogens with two attached hydrogens (primary N) is 1. The maximum Gasteiger partial charge on any atom is 0.573 e. The second-order valence-electron chi connectivity index (χ2n) is 5.68. The molecular formula is C16H24F3IN4O. The summed E-state index contributed by atoms with van der Waals surface area (Å²) in [5.41, 5.74) is 6.55. The highest BCUT2D eigenvalue weighted by molar-refractivity contribution is 14.0. The van der Waals surface area contributed by atoms with Crippen LogP contribution in [0.4, 0.5) is 13.2 Å². The average Bonchev–Trinajstić information content (AvgIpc) is 3.34. The lowest BCUT2D eigenvalue weighted by Gasteiger charge is -2.19. The SMILES string of the molecule is CCN(CCNC(N)=NCc1ccc(OC(F)(F)F)cc1)C1CC1.I. The number of nitrogens with one attached hydrogen (secondary N) is 1. The molecule has 1 saturated carbocycles. The molecule has 0 amide bonds. The van der Waals surface area contributed by atoms with E-state index in [0.29, 0.717) is 18.5 Å². The summed E-state index contributed by atoms with van der Waals surface area (Å²) in [5.74, 6) is 0.0820. The van der Waals surface area contributed by atoms with Crippen LogP contribution < -0.4 is 15.8 Å². The van der Waals surface area contributed by atoms with Crippen LogP contribution in [0, 0.1) is 0 Å². The normalized spacial score (nSPS) is 15.0. The van der Waals surface area contributed by atoms with Gasteiger partial charge in [-0.1, -0.05) is 19.1 Å². The third-order valence-electron chi connectivity index (χ3n) is 3.76. The van der Waals surface area contributed by atoms with Crippen molar-refractivity contribution < 1.29 is 17.9 Å². The van der Waals surface area contributed by atoms with Gasteiger partial charge in [0.15, 0.2) is 5.96 Å². The molecular weight excluding hydrogens is 448 g/mol. The summed E-state index contributed by atoms with van der Waals surface area (Å²) in [6, 6.07) is 6.30. The molecule has 5 nitrogen and oxygen atoms in total. The average molecular weight is 472 g/mol. The zero-order chi connectivity index (χ0) is 17.6. The number of aliphatic imine (C=N–C) groups is 1. The summed E-state index contributed by atoms with van der Waals surface area (Å²) in [6.45, 7) is 5.10. The third kappa shape index (κ3) is 8.61. The first-order chi connectivity index (χ1) is 11.4. The van der Waals surface area contributed by atoms with Crippen molar-refractivity contribution in [2.75, 3.05) is 19.6 Å². The Labute approximate surface area is 162 Å². The number of guanidine groups is 1. The molecule has 0 radical (unpaired) electrons. The van der Waals surface area contributed by atoms with Crippen molar-refractivity contribution >= 4 is 29.9 Å². The number of nitrogens with zero attached hydrogens (tertiary/aromatic N) is 2. The molecule has 0 unspecified atom stereocenters. The number of hydrogen-bond acceptors (Lipinski definition) is 3. The molecule has 2 rings (SSSR count). The predicted octanol–water partition coefficient (Wildman–Crippen LogP) is 3.09. The Balaban J connectivity index is 0.00000312. The Morgan fingerprint density at radius 1 is 1.32 bits per heavy atom. The van der Waals surface area contributed by atoms with E-state index in [9.17, 15) is 13.2 Å². The number of halogens is 4. The van der Waals surface area contributed by atoms with Gasteiger partial charge in [0.1, 0.15) is 5.75 Å². The van der Waals surface area contributed by atoms with Gasteiger partial charge in [-0.15, -0.1) is 37.1 Å². The molecule has 25 heavy (non-hydrogen) atoms. The molecule has 3 N–H and O–H groups in total. The molecule has 0 saturated heterocycles. The first kappa shape index (κ1) is 21.8. The quantitative estimate of drug-likeness (QED) is 0.347. The minimum absolute atomic E-state index is 0. The lowest BCUT2D eigenvalue weighted by atomic mass is 10.2. The van der Waals surface area contributed by atoms with E-state index in [1.807, 2.05) is 0 Å². The lowest BCUT2D eigenvalue weighted by molar-refractivity contribution is -0.274. The van der Waals surface area contributed by atoms with E-state index in [1.165, 1.54) is 37.1 Å². The summed E-state index contributed by atoms with van der Waals surface area (Å²) in [7, 11) is 0. The summed E-state index contributed by atoms with van der Waals surface area (Å²) < 4.78 is 40.0. The molecule has 9 heteroatoms.